The van der Waals surface area contributed by atoms with Gasteiger partial charge in [-0.1, -0.05) is 42.5 Å². The Hall–Kier alpha value is -2.39. The lowest BCUT2D eigenvalue weighted by Crippen LogP contribution is -2.02. The van der Waals surface area contributed by atoms with Gasteiger partial charge in [-0.2, -0.15) is 0 Å². The second-order valence-electron chi connectivity index (χ2n) is 5.00. The second-order valence-corrected chi connectivity index (χ2v) is 5.00. The number of aliphatic hydroxyl groups is 1. The Balaban J connectivity index is 1.80. The van der Waals surface area contributed by atoms with Gasteiger partial charge in [-0.15, -0.1) is 0 Å². The molecule has 0 bridgehead atoms. The Morgan fingerprint density at radius 1 is 1.00 bits per heavy atom. The highest BCUT2D eigenvalue weighted by Crippen LogP contribution is 2.25. The zero-order chi connectivity index (χ0) is 14.7. The number of pyridine rings is 1. The maximum Gasteiger partial charge on any atom is 0.130 e. The molecule has 1 N–H and O–H groups in total. The van der Waals surface area contributed by atoms with Crippen LogP contribution in [0, 0.1) is 0 Å². The minimum atomic E-state index is -0.550. The van der Waals surface area contributed by atoms with Crippen LogP contribution in [0.4, 0.5) is 0 Å². The normalized spacial score (nSPS) is 12.3. The minimum absolute atomic E-state index is 0.383. The van der Waals surface area contributed by atoms with Gasteiger partial charge in [0.25, 0.3) is 0 Å². The van der Waals surface area contributed by atoms with Crippen LogP contribution in [0.15, 0.2) is 60.7 Å². The first-order valence-electron chi connectivity index (χ1n) is 6.98. The highest BCUT2D eigenvalue weighted by Gasteiger charge is 2.08. The van der Waals surface area contributed by atoms with E-state index in [-0.39, 0.29) is 0 Å². The number of para-hydroxylation sites is 2. The summed E-state index contributed by atoms with van der Waals surface area (Å²) < 4.78 is 5.81. The number of aromatic nitrogens is 1. The summed E-state index contributed by atoms with van der Waals surface area (Å²) in [5.41, 5.74) is 2.62. The van der Waals surface area contributed by atoms with Gasteiger partial charge in [0.1, 0.15) is 12.4 Å². The molecule has 2 aromatic carbocycles. The maximum atomic E-state index is 9.75. The SMILES string of the molecule is CC(O)c1ccccc1OCc1ccc2ccccc2n1. The largest absolute Gasteiger partial charge is 0.487 e. The Bertz CT molecular complexity index is 753. The molecule has 0 radical (unpaired) electrons. The second kappa shape index (κ2) is 5.94. The molecule has 106 valence electrons. The predicted molar refractivity (Wildman–Crippen MR) is 83.2 cm³/mol. The Morgan fingerprint density at radius 3 is 2.62 bits per heavy atom. The monoisotopic (exact) mass is 279 g/mol. The number of ether oxygens (including phenoxy) is 1. The van der Waals surface area contributed by atoms with Crippen molar-refractivity contribution in [2.45, 2.75) is 19.6 Å². The van der Waals surface area contributed by atoms with Crippen molar-refractivity contribution in [3.05, 3.63) is 71.9 Å². The van der Waals surface area contributed by atoms with Crippen molar-refractivity contribution < 1.29 is 9.84 Å². The van der Waals surface area contributed by atoms with E-state index in [0.717, 1.165) is 22.2 Å². The zero-order valence-corrected chi connectivity index (χ0v) is 11.9. The van der Waals surface area contributed by atoms with Crippen molar-refractivity contribution >= 4 is 10.9 Å². The topological polar surface area (TPSA) is 42.4 Å². The Morgan fingerprint density at radius 2 is 1.76 bits per heavy atom. The smallest absolute Gasteiger partial charge is 0.130 e. The van der Waals surface area contributed by atoms with Gasteiger partial charge in [0.2, 0.25) is 0 Å². The third-order valence-electron chi connectivity index (χ3n) is 3.40. The Labute approximate surface area is 123 Å². The summed E-state index contributed by atoms with van der Waals surface area (Å²) in [5.74, 6) is 0.697. The summed E-state index contributed by atoms with van der Waals surface area (Å²) in [6.45, 7) is 2.12. The van der Waals surface area contributed by atoms with Crippen LogP contribution in [-0.4, -0.2) is 10.1 Å². The third-order valence-corrected chi connectivity index (χ3v) is 3.40. The van der Waals surface area contributed by atoms with E-state index >= 15 is 0 Å². The van der Waals surface area contributed by atoms with Crippen LogP contribution in [-0.2, 0) is 6.61 Å². The Kier molecular flexibility index (Phi) is 3.84. The molecule has 0 saturated heterocycles. The molecule has 1 unspecified atom stereocenters. The highest BCUT2D eigenvalue weighted by atomic mass is 16.5. The maximum absolute atomic E-state index is 9.75. The summed E-state index contributed by atoms with van der Waals surface area (Å²) >= 11 is 0. The molecule has 1 aromatic heterocycles. The van der Waals surface area contributed by atoms with Crippen molar-refractivity contribution in [3.8, 4) is 5.75 Å². The molecule has 3 heteroatoms. The van der Waals surface area contributed by atoms with Crippen LogP contribution in [0.3, 0.4) is 0 Å². The van der Waals surface area contributed by atoms with Gasteiger partial charge in [0.05, 0.1) is 17.3 Å². The molecule has 1 heterocycles. The van der Waals surface area contributed by atoms with E-state index < -0.39 is 6.10 Å². The average Bonchev–Trinajstić information content (AvgIpc) is 2.53. The summed E-state index contributed by atoms with van der Waals surface area (Å²) in [5, 5.41) is 10.9. The number of benzene rings is 2. The number of hydrogen-bond acceptors (Lipinski definition) is 3. The molecule has 3 nitrogen and oxygen atoms in total. The van der Waals surface area contributed by atoms with Crippen LogP contribution in [0.1, 0.15) is 24.3 Å². The van der Waals surface area contributed by atoms with E-state index in [2.05, 4.69) is 4.98 Å². The van der Waals surface area contributed by atoms with Gasteiger partial charge in [0.15, 0.2) is 0 Å². The van der Waals surface area contributed by atoms with E-state index in [4.69, 9.17) is 4.74 Å². The van der Waals surface area contributed by atoms with E-state index in [9.17, 15) is 5.11 Å². The average molecular weight is 279 g/mol. The van der Waals surface area contributed by atoms with E-state index in [0.29, 0.717) is 12.4 Å². The molecule has 0 fully saturated rings. The number of rotatable bonds is 4. The molecule has 0 saturated carbocycles. The fourth-order valence-corrected chi connectivity index (χ4v) is 2.30. The van der Waals surface area contributed by atoms with Crippen molar-refractivity contribution in [1.29, 1.82) is 0 Å². The minimum Gasteiger partial charge on any atom is -0.487 e. The molecule has 0 amide bonds. The van der Waals surface area contributed by atoms with Crippen molar-refractivity contribution in [3.63, 3.8) is 0 Å². The van der Waals surface area contributed by atoms with Crippen LogP contribution in [0.25, 0.3) is 10.9 Å². The summed E-state index contributed by atoms with van der Waals surface area (Å²) in [7, 11) is 0. The summed E-state index contributed by atoms with van der Waals surface area (Å²) in [6, 6.07) is 19.5. The summed E-state index contributed by atoms with van der Waals surface area (Å²) in [6.07, 6.45) is -0.550. The molecule has 3 aromatic rings. The van der Waals surface area contributed by atoms with Gasteiger partial charge in [0, 0.05) is 10.9 Å². The predicted octanol–water partition coefficient (Wildman–Crippen LogP) is 3.87. The number of fused-ring (bicyclic) bond motifs is 1. The van der Waals surface area contributed by atoms with Crippen LogP contribution < -0.4 is 4.74 Å². The van der Waals surface area contributed by atoms with Crippen molar-refractivity contribution in [2.24, 2.45) is 0 Å². The fraction of sp³-hybridized carbons (Fsp3) is 0.167. The number of aliphatic hydroxyl groups excluding tert-OH is 1. The number of hydrogen-bond donors (Lipinski definition) is 1. The van der Waals surface area contributed by atoms with Crippen molar-refractivity contribution in [2.75, 3.05) is 0 Å². The first kappa shape index (κ1) is 13.6. The third kappa shape index (κ3) is 3.03. The van der Waals surface area contributed by atoms with Crippen molar-refractivity contribution in [1.82, 2.24) is 4.98 Å². The lowest BCUT2D eigenvalue weighted by Gasteiger charge is -2.13. The molecule has 3 rings (SSSR count). The highest BCUT2D eigenvalue weighted by molar-refractivity contribution is 5.78. The molecule has 0 aliphatic rings. The van der Waals surface area contributed by atoms with Crippen LogP contribution in [0.5, 0.6) is 5.75 Å². The molecular formula is C18H17NO2. The lowest BCUT2D eigenvalue weighted by molar-refractivity contribution is 0.190. The molecular weight excluding hydrogens is 262 g/mol. The van der Waals surface area contributed by atoms with Gasteiger partial charge >= 0.3 is 0 Å². The van der Waals surface area contributed by atoms with Gasteiger partial charge in [-0.25, -0.2) is 4.98 Å². The summed E-state index contributed by atoms with van der Waals surface area (Å²) in [4.78, 5) is 4.58. The molecule has 0 aliphatic heterocycles. The van der Waals surface area contributed by atoms with E-state index in [1.165, 1.54) is 0 Å². The first-order valence-corrected chi connectivity index (χ1v) is 6.98. The standard InChI is InChI=1S/C18H17NO2/c1-13(20)16-7-3-5-9-18(16)21-12-15-11-10-14-6-2-4-8-17(14)19-15/h2-11,13,20H,12H2,1H3. The lowest BCUT2D eigenvalue weighted by atomic mass is 10.1. The van der Waals surface area contributed by atoms with Crippen LogP contribution >= 0.6 is 0 Å². The van der Waals surface area contributed by atoms with Gasteiger partial charge in [-0.3, -0.25) is 0 Å². The first-order chi connectivity index (χ1) is 10.2. The number of nitrogens with zero attached hydrogens (tertiary/aromatic N) is 1. The van der Waals surface area contributed by atoms with Gasteiger partial charge in [-0.05, 0) is 25.1 Å². The molecule has 0 spiro atoms. The molecule has 0 aliphatic carbocycles. The van der Waals surface area contributed by atoms with E-state index in [1.807, 2.05) is 60.7 Å². The zero-order valence-electron chi connectivity index (χ0n) is 11.9. The quantitative estimate of drug-likeness (QED) is 0.788. The molecule has 1 atom stereocenters. The van der Waals surface area contributed by atoms with Crippen LogP contribution in [0.2, 0.25) is 0 Å². The fourth-order valence-electron chi connectivity index (χ4n) is 2.30. The van der Waals surface area contributed by atoms with Gasteiger partial charge < -0.3 is 9.84 Å². The molecule has 21 heavy (non-hydrogen) atoms. The van der Waals surface area contributed by atoms with E-state index in [1.54, 1.807) is 6.92 Å².